The quantitative estimate of drug-likeness (QED) is 0.350. The summed E-state index contributed by atoms with van der Waals surface area (Å²) in [5.74, 6) is -0.185. The molecule has 2 aromatic carbocycles. The molecule has 0 bridgehead atoms. The smallest absolute Gasteiger partial charge is 0.262 e. The Morgan fingerprint density at radius 3 is 2.74 bits per heavy atom. The highest BCUT2D eigenvalue weighted by Gasteiger charge is 2.15. The summed E-state index contributed by atoms with van der Waals surface area (Å²) in [6, 6.07) is 18.9. The van der Waals surface area contributed by atoms with E-state index in [2.05, 4.69) is 16.4 Å². The number of aryl methyl sites for hydroxylation is 1. The molecule has 4 rings (SSSR count). The maximum Gasteiger partial charge on any atom is 0.262 e. The third-order valence-corrected chi connectivity index (χ3v) is 6.47. The Kier molecular flexibility index (Phi) is 6.16. The molecule has 0 saturated carbocycles. The van der Waals surface area contributed by atoms with Gasteiger partial charge < -0.3 is 5.32 Å². The van der Waals surface area contributed by atoms with E-state index in [1.54, 1.807) is 28.1 Å². The number of benzene rings is 2. The second-order valence-corrected chi connectivity index (χ2v) is 8.76. The molecule has 31 heavy (non-hydrogen) atoms. The van der Waals surface area contributed by atoms with Gasteiger partial charge in [-0.1, -0.05) is 53.7 Å². The predicted octanol–water partition coefficient (Wildman–Crippen LogP) is 4.42. The first-order valence-corrected chi connectivity index (χ1v) is 11.4. The van der Waals surface area contributed by atoms with Gasteiger partial charge >= 0.3 is 0 Å². The van der Waals surface area contributed by atoms with E-state index in [0.29, 0.717) is 33.2 Å². The molecule has 0 unspecified atom stereocenters. The van der Waals surface area contributed by atoms with E-state index in [4.69, 9.17) is 5.26 Å². The van der Waals surface area contributed by atoms with Crippen LogP contribution in [0, 0.1) is 18.3 Å². The number of nitrogens with one attached hydrogen (secondary N) is 1. The van der Waals surface area contributed by atoms with E-state index in [-0.39, 0.29) is 17.2 Å². The van der Waals surface area contributed by atoms with Crippen LogP contribution >= 0.6 is 23.1 Å². The highest BCUT2D eigenvalue weighted by atomic mass is 32.2. The van der Waals surface area contributed by atoms with Gasteiger partial charge in [0.25, 0.3) is 5.56 Å². The number of carbonyl (C=O) groups is 1. The van der Waals surface area contributed by atoms with Gasteiger partial charge in [0.1, 0.15) is 11.1 Å². The Bertz CT molecular complexity index is 1350. The normalized spacial score (nSPS) is 10.7. The average Bonchev–Trinajstić information content (AvgIpc) is 3.23. The van der Waals surface area contributed by atoms with Crippen molar-refractivity contribution in [1.29, 1.82) is 5.26 Å². The van der Waals surface area contributed by atoms with E-state index in [1.807, 2.05) is 43.3 Å². The number of rotatable bonds is 6. The van der Waals surface area contributed by atoms with Gasteiger partial charge in [-0.05, 0) is 36.1 Å². The lowest BCUT2D eigenvalue weighted by Crippen LogP contribution is -2.24. The zero-order valence-electron chi connectivity index (χ0n) is 16.7. The van der Waals surface area contributed by atoms with Crippen molar-refractivity contribution in [2.45, 2.75) is 18.6 Å². The molecule has 0 aliphatic heterocycles. The van der Waals surface area contributed by atoms with Crippen molar-refractivity contribution in [2.75, 3.05) is 11.1 Å². The Morgan fingerprint density at radius 2 is 1.97 bits per heavy atom. The summed E-state index contributed by atoms with van der Waals surface area (Å²) in [7, 11) is 0. The lowest BCUT2D eigenvalue weighted by atomic mass is 10.1. The number of carbonyl (C=O) groups excluding carboxylic acids is 1. The molecule has 0 fully saturated rings. The van der Waals surface area contributed by atoms with Crippen LogP contribution in [0.4, 0.5) is 5.00 Å². The van der Waals surface area contributed by atoms with Gasteiger partial charge in [-0.25, -0.2) is 4.98 Å². The van der Waals surface area contributed by atoms with E-state index in [9.17, 15) is 9.59 Å². The van der Waals surface area contributed by atoms with Gasteiger partial charge in [0.05, 0.1) is 28.8 Å². The van der Waals surface area contributed by atoms with Crippen LogP contribution in [0.3, 0.4) is 0 Å². The summed E-state index contributed by atoms with van der Waals surface area (Å²) in [4.78, 5) is 30.3. The number of anilines is 1. The molecule has 0 spiro atoms. The summed E-state index contributed by atoms with van der Waals surface area (Å²) in [6.07, 6.45) is 0. The van der Waals surface area contributed by atoms with Crippen molar-refractivity contribution in [3.05, 3.63) is 87.0 Å². The van der Waals surface area contributed by atoms with Crippen LogP contribution < -0.4 is 10.9 Å². The maximum atomic E-state index is 13.2. The molecule has 1 N–H and O–H groups in total. The van der Waals surface area contributed by atoms with Crippen LogP contribution in [0.1, 0.15) is 16.7 Å². The van der Waals surface area contributed by atoms with E-state index in [0.717, 1.165) is 11.1 Å². The number of thioether (sulfide) groups is 1. The van der Waals surface area contributed by atoms with Crippen LogP contribution in [-0.4, -0.2) is 21.2 Å². The maximum absolute atomic E-state index is 13.2. The third kappa shape index (κ3) is 4.68. The average molecular weight is 447 g/mol. The number of hydrogen-bond acceptors (Lipinski definition) is 6. The Labute approximate surface area is 187 Å². The van der Waals surface area contributed by atoms with Crippen LogP contribution in [0.15, 0.2) is 69.9 Å². The van der Waals surface area contributed by atoms with E-state index in [1.165, 1.54) is 23.1 Å². The minimum atomic E-state index is -0.256. The SMILES string of the molecule is Cc1ccc(Cn2c(SCC(=O)Nc3sccc3C#N)nc3ccccc3c2=O)cc1. The molecule has 1 amide bonds. The van der Waals surface area contributed by atoms with E-state index < -0.39 is 0 Å². The van der Waals surface area contributed by atoms with Gasteiger partial charge in [-0.2, -0.15) is 5.26 Å². The molecule has 6 nitrogen and oxygen atoms in total. The topological polar surface area (TPSA) is 87.8 Å². The summed E-state index contributed by atoms with van der Waals surface area (Å²) in [6.45, 7) is 2.38. The van der Waals surface area contributed by atoms with Crippen molar-refractivity contribution >= 4 is 44.9 Å². The van der Waals surface area contributed by atoms with Crippen molar-refractivity contribution in [3.8, 4) is 6.07 Å². The van der Waals surface area contributed by atoms with Gasteiger partial charge in [0, 0.05) is 0 Å². The molecule has 0 radical (unpaired) electrons. The minimum absolute atomic E-state index is 0.0709. The molecule has 2 heterocycles. The summed E-state index contributed by atoms with van der Waals surface area (Å²) < 4.78 is 1.61. The van der Waals surface area contributed by atoms with Gasteiger partial charge in [0.15, 0.2) is 5.16 Å². The highest BCUT2D eigenvalue weighted by Crippen LogP contribution is 2.24. The fourth-order valence-electron chi connectivity index (χ4n) is 3.06. The fraction of sp³-hybridized carbons (Fsp3) is 0.130. The summed E-state index contributed by atoms with van der Waals surface area (Å²) >= 11 is 2.50. The summed E-state index contributed by atoms with van der Waals surface area (Å²) in [5.41, 5.74) is 3.01. The number of nitriles is 1. The second kappa shape index (κ2) is 9.16. The standard InChI is InChI=1S/C23H18N4O2S2/c1-15-6-8-16(9-7-15)13-27-22(29)18-4-2-3-5-19(18)25-23(27)31-14-20(28)26-21-17(12-24)10-11-30-21/h2-11H,13-14H2,1H3,(H,26,28). The number of nitrogens with zero attached hydrogens (tertiary/aromatic N) is 3. The van der Waals surface area contributed by atoms with Crippen molar-refractivity contribution in [3.63, 3.8) is 0 Å². The van der Waals surface area contributed by atoms with E-state index >= 15 is 0 Å². The largest absolute Gasteiger partial charge is 0.316 e. The zero-order chi connectivity index (χ0) is 21.8. The monoisotopic (exact) mass is 446 g/mol. The minimum Gasteiger partial charge on any atom is -0.316 e. The van der Waals surface area contributed by atoms with Crippen molar-refractivity contribution < 1.29 is 4.79 Å². The van der Waals surface area contributed by atoms with Gasteiger partial charge in [-0.15, -0.1) is 11.3 Å². The predicted molar refractivity (Wildman–Crippen MR) is 125 cm³/mol. The summed E-state index contributed by atoms with van der Waals surface area (Å²) in [5, 5.41) is 15.2. The third-order valence-electron chi connectivity index (χ3n) is 4.66. The molecule has 154 valence electrons. The Morgan fingerprint density at radius 1 is 1.19 bits per heavy atom. The molecule has 0 saturated heterocycles. The number of aromatic nitrogens is 2. The molecule has 2 aromatic heterocycles. The highest BCUT2D eigenvalue weighted by molar-refractivity contribution is 7.99. The van der Waals surface area contributed by atoms with Gasteiger partial charge in [0.2, 0.25) is 5.91 Å². The number of amides is 1. The first-order valence-electron chi connectivity index (χ1n) is 9.50. The second-order valence-electron chi connectivity index (χ2n) is 6.90. The lowest BCUT2D eigenvalue weighted by molar-refractivity contribution is -0.113. The zero-order valence-corrected chi connectivity index (χ0v) is 18.3. The van der Waals surface area contributed by atoms with Crippen LogP contribution in [0.25, 0.3) is 10.9 Å². The Balaban J connectivity index is 1.62. The van der Waals surface area contributed by atoms with Crippen molar-refractivity contribution in [2.24, 2.45) is 0 Å². The molecule has 4 aromatic rings. The molecule has 0 atom stereocenters. The molecule has 8 heteroatoms. The lowest BCUT2D eigenvalue weighted by Gasteiger charge is -2.13. The molecule has 0 aliphatic rings. The van der Waals surface area contributed by atoms with Crippen LogP contribution in [-0.2, 0) is 11.3 Å². The van der Waals surface area contributed by atoms with Crippen LogP contribution in [0.2, 0.25) is 0 Å². The first-order chi connectivity index (χ1) is 15.0. The first kappa shape index (κ1) is 20.8. The van der Waals surface area contributed by atoms with Crippen molar-refractivity contribution in [1.82, 2.24) is 9.55 Å². The van der Waals surface area contributed by atoms with Gasteiger partial charge in [-0.3, -0.25) is 14.2 Å². The number of thiophene rings is 1. The fourth-order valence-corrected chi connectivity index (χ4v) is 4.61. The Hall–Kier alpha value is -3.41. The number of fused-ring (bicyclic) bond motifs is 1. The number of hydrogen-bond donors (Lipinski definition) is 1. The molecular formula is C23H18N4O2S2. The molecular weight excluding hydrogens is 428 g/mol. The molecule has 0 aliphatic carbocycles. The number of para-hydroxylation sites is 1. The van der Waals surface area contributed by atoms with Crippen LogP contribution in [0.5, 0.6) is 0 Å².